The number of nitrogen functional groups attached to an aromatic ring is 1. The van der Waals surface area contributed by atoms with E-state index >= 15 is 0 Å². The molecule has 0 radical (unpaired) electrons. The number of hydrogen-bond acceptors (Lipinski definition) is 8. The van der Waals surface area contributed by atoms with Gasteiger partial charge in [-0.2, -0.15) is 0 Å². The Kier molecular flexibility index (Phi) is 4.71. The first-order chi connectivity index (χ1) is 13.2. The van der Waals surface area contributed by atoms with E-state index in [-0.39, 0.29) is 6.04 Å². The molecule has 1 atom stereocenters. The van der Waals surface area contributed by atoms with Gasteiger partial charge in [0, 0.05) is 24.6 Å². The van der Waals surface area contributed by atoms with Crippen molar-refractivity contribution in [1.29, 1.82) is 0 Å². The highest BCUT2D eigenvalue weighted by Gasteiger charge is 2.55. The number of hydrogen-bond donors (Lipinski definition) is 1. The molecule has 1 saturated heterocycles. The number of aromatic nitrogens is 3. The molecule has 0 spiro atoms. The molecule has 0 bridgehead atoms. The smallest absolute Gasteiger partial charge is 0.226 e. The molecule has 2 aliphatic rings. The summed E-state index contributed by atoms with van der Waals surface area (Å²) >= 11 is 6.37. The fourth-order valence-corrected chi connectivity index (χ4v) is 5.11. The molecule has 1 aliphatic heterocycles. The van der Waals surface area contributed by atoms with Crippen LogP contribution < -0.4 is 10.6 Å². The molecule has 1 saturated carbocycles. The minimum atomic E-state index is -3.32. The van der Waals surface area contributed by atoms with Crippen molar-refractivity contribution in [3.8, 4) is 11.3 Å². The highest BCUT2D eigenvalue weighted by molar-refractivity contribution is 7.91. The fourth-order valence-electron chi connectivity index (χ4n) is 3.52. The van der Waals surface area contributed by atoms with Crippen molar-refractivity contribution in [3.05, 3.63) is 29.0 Å². The molecule has 2 aromatic heterocycles. The zero-order chi connectivity index (χ0) is 20.1. The van der Waals surface area contributed by atoms with Crippen LogP contribution in [-0.4, -0.2) is 55.4 Å². The Morgan fingerprint density at radius 3 is 2.68 bits per heavy atom. The number of nitrogens with two attached hydrogens (primary N) is 1. The average Bonchev–Trinajstić information content (AvgIpc) is 3.43. The van der Waals surface area contributed by atoms with E-state index in [1.807, 2.05) is 11.8 Å². The summed E-state index contributed by atoms with van der Waals surface area (Å²) in [5.74, 6) is 0.783. The van der Waals surface area contributed by atoms with Crippen LogP contribution in [0.3, 0.4) is 0 Å². The van der Waals surface area contributed by atoms with Gasteiger partial charge in [-0.3, -0.25) is 0 Å². The van der Waals surface area contributed by atoms with E-state index < -0.39 is 14.6 Å². The van der Waals surface area contributed by atoms with E-state index in [1.54, 1.807) is 18.3 Å². The van der Waals surface area contributed by atoms with E-state index in [1.165, 1.54) is 6.26 Å². The van der Waals surface area contributed by atoms with Crippen LogP contribution in [0.2, 0.25) is 5.02 Å². The first kappa shape index (κ1) is 19.4. The molecule has 0 aromatic carbocycles. The van der Waals surface area contributed by atoms with Crippen molar-refractivity contribution in [1.82, 2.24) is 15.0 Å². The maximum absolute atomic E-state index is 12.5. The number of rotatable bonds is 4. The van der Waals surface area contributed by atoms with Crippen molar-refractivity contribution in [2.45, 2.75) is 30.6 Å². The second kappa shape index (κ2) is 6.82. The van der Waals surface area contributed by atoms with E-state index in [0.717, 1.165) is 0 Å². The number of halogens is 1. The van der Waals surface area contributed by atoms with Gasteiger partial charge in [0.15, 0.2) is 9.84 Å². The number of anilines is 2. The van der Waals surface area contributed by atoms with E-state index in [2.05, 4.69) is 9.97 Å². The van der Waals surface area contributed by atoms with Gasteiger partial charge < -0.3 is 15.4 Å². The zero-order valence-electron chi connectivity index (χ0n) is 15.7. The fraction of sp³-hybridized carbons (Fsp3) is 0.500. The summed E-state index contributed by atoms with van der Waals surface area (Å²) in [6, 6.07) is 3.34. The summed E-state index contributed by atoms with van der Waals surface area (Å²) in [5.41, 5.74) is 7.33. The molecule has 2 fully saturated rings. The minimum absolute atomic E-state index is 0.0743. The van der Waals surface area contributed by atoms with Gasteiger partial charge in [0.25, 0.3) is 0 Å². The highest BCUT2D eigenvalue weighted by Crippen LogP contribution is 2.52. The molecule has 3 heterocycles. The Labute approximate surface area is 169 Å². The third kappa shape index (κ3) is 3.31. The Hall–Kier alpha value is -1.97. The minimum Gasteiger partial charge on any atom is -0.384 e. The lowest BCUT2D eigenvalue weighted by Gasteiger charge is -2.34. The van der Waals surface area contributed by atoms with Gasteiger partial charge in [-0.05, 0) is 31.9 Å². The lowest BCUT2D eigenvalue weighted by atomic mass is 10.1. The lowest BCUT2D eigenvalue weighted by molar-refractivity contribution is 0.0980. The lowest BCUT2D eigenvalue weighted by Crippen LogP contribution is -2.44. The Morgan fingerprint density at radius 1 is 1.32 bits per heavy atom. The number of nitrogens with zero attached hydrogens (tertiary/aromatic N) is 4. The molecule has 4 rings (SSSR count). The standard InChI is InChI=1S/C18H22ClN5O3S/c1-11-10-27-6-5-24(11)17-22-14(12-9-21-16(20)7-13(12)19)8-15(23-17)18(3-4-18)28(2,25)26/h7-9,11H,3-6,10H2,1-2H3,(H2,20,21)/t11-/m1/s1. The summed E-state index contributed by atoms with van der Waals surface area (Å²) in [7, 11) is -3.32. The van der Waals surface area contributed by atoms with Crippen LogP contribution in [0.4, 0.5) is 11.8 Å². The zero-order valence-corrected chi connectivity index (χ0v) is 17.3. The molecule has 0 unspecified atom stereocenters. The third-order valence-corrected chi connectivity index (χ3v) is 7.72. The average molecular weight is 424 g/mol. The highest BCUT2D eigenvalue weighted by atomic mass is 35.5. The van der Waals surface area contributed by atoms with E-state index in [0.29, 0.717) is 66.3 Å². The normalized spacial score (nSPS) is 21.5. The maximum Gasteiger partial charge on any atom is 0.226 e. The monoisotopic (exact) mass is 423 g/mol. The number of ether oxygens (including phenoxy) is 1. The molecular formula is C18H22ClN5O3S. The van der Waals surface area contributed by atoms with E-state index in [9.17, 15) is 8.42 Å². The van der Waals surface area contributed by atoms with Crippen LogP contribution in [-0.2, 0) is 19.3 Å². The predicted molar refractivity (Wildman–Crippen MR) is 108 cm³/mol. The quantitative estimate of drug-likeness (QED) is 0.795. The van der Waals surface area contributed by atoms with Crippen LogP contribution in [0.25, 0.3) is 11.3 Å². The van der Waals surface area contributed by atoms with Crippen molar-refractivity contribution in [3.63, 3.8) is 0 Å². The molecule has 2 N–H and O–H groups in total. The second-order valence-electron chi connectivity index (χ2n) is 7.41. The summed E-state index contributed by atoms with van der Waals surface area (Å²) in [5, 5.41) is 0.405. The molecule has 28 heavy (non-hydrogen) atoms. The van der Waals surface area contributed by atoms with Crippen LogP contribution in [0.5, 0.6) is 0 Å². The summed E-state index contributed by atoms with van der Waals surface area (Å²) in [6.45, 7) is 3.78. The number of sulfone groups is 1. The number of pyridine rings is 1. The van der Waals surface area contributed by atoms with Crippen molar-refractivity contribution >= 4 is 33.2 Å². The van der Waals surface area contributed by atoms with Gasteiger partial charge in [0.2, 0.25) is 5.95 Å². The van der Waals surface area contributed by atoms with Gasteiger partial charge in [-0.1, -0.05) is 11.6 Å². The van der Waals surface area contributed by atoms with Gasteiger partial charge in [0.1, 0.15) is 10.6 Å². The van der Waals surface area contributed by atoms with Gasteiger partial charge in [-0.25, -0.2) is 23.4 Å². The van der Waals surface area contributed by atoms with Crippen LogP contribution in [0.1, 0.15) is 25.5 Å². The van der Waals surface area contributed by atoms with E-state index in [4.69, 9.17) is 27.1 Å². The molecule has 8 nitrogen and oxygen atoms in total. The molecule has 0 amide bonds. The maximum atomic E-state index is 12.5. The third-order valence-electron chi connectivity index (χ3n) is 5.37. The summed E-state index contributed by atoms with van der Waals surface area (Å²) in [6.07, 6.45) is 3.91. The van der Waals surface area contributed by atoms with Crippen LogP contribution in [0.15, 0.2) is 18.3 Å². The first-order valence-electron chi connectivity index (χ1n) is 9.06. The second-order valence-corrected chi connectivity index (χ2v) is 10.1. The molecule has 150 valence electrons. The van der Waals surface area contributed by atoms with Crippen molar-refractivity contribution in [2.75, 3.05) is 36.6 Å². The van der Waals surface area contributed by atoms with Gasteiger partial charge >= 0.3 is 0 Å². The van der Waals surface area contributed by atoms with Gasteiger partial charge in [-0.15, -0.1) is 0 Å². The summed E-state index contributed by atoms with van der Waals surface area (Å²) < 4.78 is 29.5. The SMILES string of the molecule is C[C@@H]1COCCN1c1nc(-c2cnc(N)cc2Cl)cc(C2(S(C)(=O)=O)CC2)n1. The molecule has 1 aliphatic carbocycles. The largest absolute Gasteiger partial charge is 0.384 e. The number of morpholine rings is 1. The Bertz CT molecular complexity index is 1030. The Balaban J connectivity index is 1.89. The molecular weight excluding hydrogens is 402 g/mol. The van der Waals surface area contributed by atoms with Crippen LogP contribution in [0, 0.1) is 0 Å². The predicted octanol–water partition coefficient (Wildman–Crippen LogP) is 2.03. The van der Waals surface area contributed by atoms with Crippen molar-refractivity contribution in [2.24, 2.45) is 0 Å². The Morgan fingerprint density at radius 2 is 2.07 bits per heavy atom. The molecule has 10 heteroatoms. The molecule has 2 aromatic rings. The topological polar surface area (TPSA) is 111 Å². The van der Waals surface area contributed by atoms with Gasteiger partial charge in [0.05, 0.1) is 35.7 Å². The first-order valence-corrected chi connectivity index (χ1v) is 11.3. The summed E-state index contributed by atoms with van der Waals surface area (Å²) in [4.78, 5) is 15.5. The van der Waals surface area contributed by atoms with Crippen molar-refractivity contribution < 1.29 is 13.2 Å². The van der Waals surface area contributed by atoms with Crippen LogP contribution >= 0.6 is 11.6 Å².